The van der Waals surface area contributed by atoms with E-state index < -0.39 is 40.3 Å². The van der Waals surface area contributed by atoms with E-state index in [9.17, 15) is 22.2 Å². The van der Waals surface area contributed by atoms with Gasteiger partial charge in [-0.25, -0.2) is 0 Å². The van der Waals surface area contributed by atoms with Gasteiger partial charge in [-0.2, -0.15) is 13.2 Å². The molecule has 2 unspecified atom stereocenters. The number of halogens is 3. The molecule has 1 aromatic rings. The van der Waals surface area contributed by atoms with Crippen molar-refractivity contribution in [3.05, 3.63) is 29.8 Å². The van der Waals surface area contributed by atoms with Crippen LogP contribution in [-0.4, -0.2) is 27.1 Å². The minimum Gasteiger partial charge on any atom is -0.480 e. The minimum atomic E-state index is -4.53. The summed E-state index contributed by atoms with van der Waals surface area (Å²) in [7, 11) is -1.89. The van der Waals surface area contributed by atoms with Gasteiger partial charge < -0.3 is 10.8 Å². The Labute approximate surface area is 103 Å². The van der Waals surface area contributed by atoms with Crippen LogP contribution in [0.1, 0.15) is 5.56 Å². The van der Waals surface area contributed by atoms with E-state index in [0.717, 1.165) is 18.2 Å². The molecule has 0 aliphatic heterocycles. The van der Waals surface area contributed by atoms with Crippen LogP contribution in [0, 0.1) is 0 Å². The molecule has 0 bridgehead atoms. The highest BCUT2D eigenvalue weighted by Gasteiger charge is 2.31. The fourth-order valence-corrected chi connectivity index (χ4v) is 2.29. The molecule has 8 heteroatoms. The van der Waals surface area contributed by atoms with E-state index in [1.807, 2.05) is 0 Å². The van der Waals surface area contributed by atoms with Crippen LogP contribution >= 0.6 is 0 Å². The standard InChI is InChI=1S/C10H10F3NO3S/c11-10(12,13)6-2-1-3-7(4-6)18(17)5-8(14)9(15)16/h1-4,8H,5,14H2,(H,15,16). The molecule has 18 heavy (non-hydrogen) atoms. The number of hydrogen-bond donors (Lipinski definition) is 2. The predicted octanol–water partition coefficient (Wildman–Crippen LogP) is 1.22. The summed E-state index contributed by atoms with van der Waals surface area (Å²) in [5, 5.41) is 8.52. The van der Waals surface area contributed by atoms with E-state index >= 15 is 0 Å². The molecule has 0 spiro atoms. The van der Waals surface area contributed by atoms with Crippen LogP contribution in [0.5, 0.6) is 0 Å². The van der Waals surface area contributed by atoms with Crippen LogP contribution in [0.4, 0.5) is 13.2 Å². The Morgan fingerprint density at radius 3 is 2.56 bits per heavy atom. The normalized spacial score (nSPS) is 15.1. The van der Waals surface area contributed by atoms with Crippen molar-refractivity contribution in [3.63, 3.8) is 0 Å². The maximum Gasteiger partial charge on any atom is 0.416 e. The number of rotatable bonds is 4. The summed E-state index contributed by atoms with van der Waals surface area (Å²) in [5.74, 6) is -1.79. The summed E-state index contributed by atoms with van der Waals surface area (Å²) in [6.07, 6.45) is -4.53. The van der Waals surface area contributed by atoms with Crippen molar-refractivity contribution in [1.29, 1.82) is 0 Å². The third kappa shape index (κ3) is 3.81. The lowest BCUT2D eigenvalue weighted by Gasteiger charge is -2.09. The molecule has 1 rings (SSSR count). The first-order chi connectivity index (χ1) is 8.21. The molecule has 0 aromatic heterocycles. The fraction of sp³-hybridized carbons (Fsp3) is 0.300. The van der Waals surface area contributed by atoms with Gasteiger partial charge in [-0.15, -0.1) is 0 Å². The first-order valence-electron chi connectivity index (χ1n) is 4.76. The van der Waals surface area contributed by atoms with Gasteiger partial charge in [0.25, 0.3) is 0 Å². The predicted molar refractivity (Wildman–Crippen MR) is 58.3 cm³/mol. The fourth-order valence-electron chi connectivity index (χ4n) is 1.14. The summed E-state index contributed by atoms with van der Waals surface area (Å²) in [4.78, 5) is 10.4. The molecule has 0 heterocycles. The SMILES string of the molecule is NC(CS(=O)c1cccc(C(F)(F)F)c1)C(=O)O. The van der Waals surface area contributed by atoms with E-state index in [2.05, 4.69) is 0 Å². The average molecular weight is 281 g/mol. The van der Waals surface area contributed by atoms with Crippen molar-refractivity contribution in [2.45, 2.75) is 17.1 Å². The van der Waals surface area contributed by atoms with Gasteiger partial charge in [-0.3, -0.25) is 9.00 Å². The zero-order chi connectivity index (χ0) is 13.9. The summed E-state index contributed by atoms with van der Waals surface area (Å²) in [5.41, 5.74) is 4.23. The summed E-state index contributed by atoms with van der Waals surface area (Å²) in [6.45, 7) is 0. The van der Waals surface area contributed by atoms with Gasteiger partial charge in [-0.1, -0.05) is 6.07 Å². The van der Waals surface area contributed by atoms with Crippen LogP contribution < -0.4 is 5.73 Å². The Hall–Kier alpha value is -1.41. The molecular weight excluding hydrogens is 271 g/mol. The number of hydrogen-bond acceptors (Lipinski definition) is 3. The molecule has 0 radical (unpaired) electrons. The molecule has 0 saturated carbocycles. The lowest BCUT2D eigenvalue weighted by molar-refractivity contribution is -0.138. The number of alkyl halides is 3. The van der Waals surface area contributed by atoms with Crippen molar-refractivity contribution in [2.75, 3.05) is 5.75 Å². The first kappa shape index (κ1) is 14.7. The summed E-state index contributed by atoms with van der Waals surface area (Å²) in [6, 6.07) is 2.55. The molecule has 3 N–H and O–H groups in total. The van der Waals surface area contributed by atoms with Crippen molar-refractivity contribution >= 4 is 16.8 Å². The molecule has 0 saturated heterocycles. The molecule has 2 atom stereocenters. The van der Waals surface area contributed by atoms with E-state index in [0.29, 0.717) is 0 Å². The highest BCUT2D eigenvalue weighted by molar-refractivity contribution is 7.85. The Balaban J connectivity index is 2.91. The zero-order valence-electron chi connectivity index (χ0n) is 8.98. The molecule has 4 nitrogen and oxygen atoms in total. The van der Waals surface area contributed by atoms with Gasteiger partial charge in [-0.05, 0) is 18.2 Å². The van der Waals surface area contributed by atoms with Gasteiger partial charge in [0.05, 0.1) is 22.1 Å². The van der Waals surface area contributed by atoms with Gasteiger partial charge in [0.2, 0.25) is 0 Å². The number of nitrogens with two attached hydrogens (primary N) is 1. The van der Waals surface area contributed by atoms with Gasteiger partial charge >= 0.3 is 12.1 Å². The minimum absolute atomic E-state index is 0.0958. The molecule has 1 aromatic carbocycles. The first-order valence-corrected chi connectivity index (χ1v) is 6.07. The quantitative estimate of drug-likeness (QED) is 0.869. The van der Waals surface area contributed by atoms with E-state index in [1.54, 1.807) is 0 Å². The van der Waals surface area contributed by atoms with E-state index in [1.165, 1.54) is 6.07 Å². The number of aliphatic carboxylic acids is 1. The van der Waals surface area contributed by atoms with Gasteiger partial charge in [0.15, 0.2) is 0 Å². The van der Waals surface area contributed by atoms with Crippen LogP contribution in [0.2, 0.25) is 0 Å². The highest BCUT2D eigenvalue weighted by atomic mass is 32.2. The topological polar surface area (TPSA) is 80.4 Å². The van der Waals surface area contributed by atoms with Crippen molar-refractivity contribution in [3.8, 4) is 0 Å². The second-order valence-electron chi connectivity index (χ2n) is 3.48. The average Bonchev–Trinajstić information content (AvgIpc) is 2.27. The Bertz CT molecular complexity index is 476. The van der Waals surface area contributed by atoms with Crippen LogP contribution in [-0.2, 0) is 21.8 Å². The highest BCUT2D eigenvalue weighted by Crippen LogP contribution is 2.30. The largest absolute Gasteiger partial charge is 0.480 e. The van der Waals surface area contributed by atoms with Crippen LogP contribution in [0.3, 0.4) is 0 Å². The zero-order valence-corrected chi connectivity index (χ0v) is 9.79. The second-order valence-corrected chi connectivity index (χ2v) is 4.98. The molecule has 0 aliphatic rings. The third-order valence-electron chi connectivity index (χ3n) is 2.07. The van der Waals surface area contributed by atoms with Crippen molar-refractivity contribution < 1.29 is 27.3 Å². The second kappa shape index (κ2) is 5.49. The number of benzene rings is 1. The monoisotopic (exact) mass is 281 g/mol. The maximum absolute atomic E-state index is 12.4. The smallest absolute Gasteiger partial charge is 0.416 e. The molecule has 0 amide bonds. The van der Waals surface area contributed by atoms with Gasteiger partial charge in [0, 0.05) is 4.90 Å². The van der Waals surface area contributed by atoms with Gasteiger partial charge in [0.1, 0.15) is 6.04 Å². The maximum atomic E-state index is 12.4. The van der Waals surface area contributed by atoms with Crippen LogP contribution in [0.15, 0.2) is 29.2 Å². The lowest BCUT2D eigenvalue weighted by Crippen LogP contribution is -2.35. The molecular formula is C10H10F3NO3S. The Kier molecular flexibility index (Phi) is 4.47. The molecule has 100 valence electrons. The number of carboxylic acid groups (broad SMARTS) is 1. The lowest BCUT2D eigenvalue weighted by atomic mass is 10.2. The number of carboxylic acids is 1. The summed E-state index contributed by atoms with van der Waals surface area (Å²) < 4.78 is 48.9. The Morgan fingerprint density at radius 1 is 1.44 bits per heavy atom. The number of carbonyl (C=O) groups is 1. The molecule has 0 aliphatic carbocycles. The van der Waals surface area contributed by atoms with Crippen molar-refractivity contribution in [2.24, 2.45) is 5.73 Å². The van der Waals surface area contributed by atoms with E-state index in [-0.39, 0.29) is 4.90 Å². The third-order valence-corrected chi connectivity index (χ3v) is 3.51. The molecule has 0 fully saturated rings. The van der Waals surface area contributed by atoms with E-state index in [4.69, 9.17) is 10.8 Å². The van der Waals surface area contributed by atoms with Crippen molar-refractivity contribution in [1.82, 2.24) is 0 Å². The summed E-state index contributed by atoms with van der Waals surface area (Å²) >= 11 is 0. The van der Waals surface area contributed by atoms with Crippen LogP contribution in [0.25, 0.3) is 0 Å². The Morgan fingerprint density at radius 2 is 2.06 bits per heavy atom.